The minimum absolute atomic E-state index is 0.0617. The molecule has 0 fully saturated rings. The van der Waals surface area contributed by atoms with Gasteiger partial charge in [-0.15, -0.1) is 0 Å². The van der Waals surface area contributed by atoms with Gasteiger partial charge in [0.25, 0.3) is 5.91 Å². The van der Waals surface area contributed by atoms with E-state index in [0.717, 1.165) is 44.0 Å². The van der Waals surface area contributed by atoms with Crippen molar-refractivity contribution in [2.75, 3.05) is 20.8 Å². The first-order chi connectivity index (χ1) is 23.4. The molecule has 3 amide bonds. The molecule has 2 N–H and O–H groups in total. The van der Waals surface area contributed by atoms with Crippen LogP contribution in [-0.2, 0) is 24.7 Å². The van der Waals surface area contributed by atoms with Crippen LogP contribution >= 0.6 is 0 Å². The molecule has 5 aromatic rings. The predicted octanol–water partition coefficient (Wildman–Crippen LogP) is 6.41. The lowest BCUT2D eigenvalue weighted by Gasteiger charge is -2.37. The summed E-state index contributed by atoms with van der Waals surface area (Å²) in [5, 5.41) is 6.88. The Kier molecular flexibility index (Phi) is 9.64. The van der Waals surface area contributed by atoms with Crippen LogP contribution in [0, 0.1) is 0 Å². The number of carbonyl (C=O) groups is 3. The van der Waals surface area contributed by atoms with Crippen molar-refractivity contribution in [1.82, 2.24) is 15.7 Å². The number of ether oxygens (including phenoxy) is 1. The molecule has 5 aromatic carbocycles. The van der Waals surface area contributed by atoms with Crippen molar-refractivity contribution >= 4 is 17.9 Å². The van der Waals surface area contributed by atoms with E-state index in [4.69, 9.17) is 9.57 Å². The van der Waals surface area contributed by atoms with Crippen molar-refractivity contribution < 1.29 is 24.0 Å². The summed E-state index contributed by atoms with van der Waals surface area (Å²) in [6.07, 6.45) is -1.18. The van der Waals surface area contributed by atoms with Crippen LogP contribution in [-0.4, -0.2) is 49.8 Å². The van der Waals surface area contributed by atoms with Crippen molar-refractivity contribution in [2.24, 2.45) is 0 Å². The summed E-state index contributed by atoms with van der Waals surface area (Å²) in [5.74, 6) is -1.23. The highest BCUT2D eigenvalue weighted by Crippen LogP contribution is 2.44. The molecule has 0 radical (unpaired) electrons. The number of hydrogen-bond acceptors (Lipinski definition) is 5. The van der Waals surface area contributed by atoms with Crippen LogP contribution in [0.2, 0.25) is 0 Å². The molecule has 8 nitrogen and oxygen atoms in total. The SMILES string of the molecule is CON(C)C(=O)[C@@H](CC(=O)NC(c1ccccc1)(c1ccccc1)c1ccccc1)NC(=O)OCC1c2ccccc2-c2ccccc21. The van der Waals surface area contributed by atoms with Gasteiger partial charge < -0.3 is 15.4 Å². The van der Waals surface area contributed by atoms with Gasteiger partial charge in [0.05, 0.1) is 13.5 Å². The third-order valence-corrected chi connectivity index (χ3v) is 8.85. The quantitative estimate of drug-likeness (QED) is 0.129. The third-order valence-electron chi connectivity index (χ3n) is 8.85. The lowest BCUT2D eigenvalue weighted by Crippen LogP contribution is -2.53. The van der Waals surface area contributed by atoms with Crippen LogP contribution in [0.25, 0.3) is 11.1 Å². The molecular weight excluding hydrogens is 602 g/mol. The predicted molar refractivity (Wildman–Crippen MR) is 184 cm³/mol. The first-order valence-electron chi connectivity index (χ1n) is 15.8. The highest BCUT2D eigenvalue weighted by molar-refractivity contribution is 5.91. The van der Waals surface area contributed by atoms with Crippen LogP contribution in [0.3, 0.4) is 0 Å². The van der Waals surface area contributed by atoms with Crippen LogP contribution in [0.15, 0.2) is 140 Å². The molecule has 242 valence electrons. The van der Waals surface area contributed by atoms with E-state index in [1.165, 1.54) is 14.2 Å². The standard InChI is InChI=1S/C40H37N3O5/c1-43(47-2)38(45)36(41-39(46)48-27-35-33-24-14-12-22-31(33)32-23-13-15-25-34(32)35)26-37(44)42-40(28-16-6-3-7-17-28,29-18-8-4-9-19-29)30-20-10-5-11-21-30/h3-25,35-36H,26-27H2,1-2H3,(H,41,46)(H,42,44)/t36-/m1/s1. The van der Waals surface area contributed by atoms with Crippen molar-refractivity contribution in [2.45, 2.75) is 23.9 Å². The summed E-state index contributed by atoms with van der Waals surface area (Å²) in [7, 11) is 2.77. The molecule has 1 aliphatic carbocycles. The van der Waals surface area contributed by atoms with E-state index in [-0.39, 0.29) is 18.9 Å². The first kappa shape index (κ1) is 32.2. The summed E-state index contributed by atoms with van der Waals surface area (Å²) in [6.45, 7) is 0.0617. The molecule has 0 bridgehead atoms. The van der Waals surface area contributed by atoms with Crippen LogP contribution in [0.1, 0.15) is 40.2 Å². The van der Waals surface area contributed by atoms with Crippen molar-refractivity contribution in [1.29, 1.82) is 0 Å². The number of amides is 3. The Bertz CT molecular complexity index is 1740. The molecule has 0 aliphatic heterocycles. The maximum absolute atomic E-state index is 14.1. The molecule has 0 heterocycles. The summed E-state index contributed by atoms with van der Waals surface area (Å²) < 4.78 is 5.73. The molecule has 0 spiro atoms. The zero-order valence-corrected chi connectivity index (χ0v) is 26.8. The Morgan fingerprint density at radius 1 is 0.688 bits per heavy atom. The Morgan fingerprint density at radius 3 is 1.58 bits per heavy atom. The smallest absolute Gasteiger partial charge is 0.407 e. The number of alkyl carbamates (subject to hydrolysis) is 1. The molecule has 1 atom stereocenters. The molecule has 0 saturated heterocycles. The number of carbonyl (C=O) groups excluding carboxylic acids is 3. The average molecular weight is 640 g/mol. The maximum atomic E-state index is 14.1. The van der Waals surface area contributed by atoms with Gasteiger partial charge in [0.1, 0.15) is 18.2 Å². The lowest BCUT2D eigenvalue weighted by atomic mass is 9.77. The normalized spacial score (nSPS) is 12.7. The van der Waals surface area contributed by atoms with Gasteiger partial charge in [0, 0.05) is 13.0 Å². The fourth-order valence-electron chi connectivity index (χ4n) is 6.52. The zero-order valence-electron chi connectivity index (χ0n) is 26.8. The van der Waals surface area contributed by atoms with Crippen molar-refractivity contribution in [3.05, 3.63) is 167 Å². The molecule has 48 heavy (non-hydrogen) atoms. The van der Waals surface area contributed by atoms with E-state index in [0.29, 0.717) is 0 Å². The Labute approximate surface area is 280 Å². The van der Waals surface area contributed by atoms with Gasteiger partial charge in [-0.2, -0.15) is 0 Å². The second-order valence-corrected chi connectivity index (χ2v) is 11.6. The van der Waals surface area contributed by atoms with Crippen LogP contribution in [0.5, 0.6) is 0 Å². The number of rotatable bonds is 11. The molecule has 1 aliphatic rings. The minimum atomic E-state index is -1.27. The Morgan fingerprint density at radius 2 is 1.12 bits per heavy atom. The largest absolute Gasteiger partial charge is 0.449 e. The highest BCUT2D eigenvalue weighted by atomic mass is 16.7. The lowest BCUT2D eigenvalue weighted by molar-refractivity contribution is -0.171. The van der Waals surface area contributed by atoms with E-state index in [2.05, 4.69) is 22.8 Å². The fraction of sp³-hybridized carbons (Fsp3) is 0.175. The summed E-state index contributed by atoms with van der Waals surface area (Å²) in [6, 6.07) is 43.8. The minimum Gasteiger partial charge on any atom is -0.449 e. The summed E-state index contributed by atoms with van der Waals surface area (Å²) >= 11 is 0. The van der Waals surface area contributed by atoms with Gasteiger partial charge in [0.2, 0.25) is 5.91 Å². The molecule has 6 rings (SSSR count). The van der Waals surface area contributed by atoms with Crippen molar-refractivity contribution in [3.8, 4) is 11.1 Å². The number of nitrogens with zero attached hydrogens (tertiary/aromatic N) is 1. The topological polar surface area (TPSA) is 97.0 Å². The molecule has 0 aromatic heterocycles. The van der Waals surface area contributed by atoms with E-state index in [1.54, 1.807) is 0 Å². The number of nitrogens with one attached hydrogen (secondary N) is 2. The second kappa shape index (κ2) is 14.4. The van der Waals surface area contributed by atoms with Gasteiger partial charge in [-0.05, 0) is 38.9 Å². The number of fused-ring (bicyclic) bond motifs is 3. The molecule has 0 unspecified atom stereocenters. The number of hydrogen-bond donors (Lipinski definition) is 2. The monoisotopic (exact) mass is 639 g/mol. The summed E-state index contributed by atoms with van der Waals surface area (Å²) in [5.41, 5.74) is 5.74. The summed E-state index contributed by atoms with van der Waals surface area (Å²) in [4.78, 5) is 46.0. The fourth-order valence-corrected chi connectivity index (χ4v) is 6.52. The van der Waals surface area contributed by atoms with Gasteiger partial charge >= 0.3 is 6.09 Å². The second-order valence-electron chi connectivity index (χ2n) is 11.6. The van der Waals surface area contributed by atoms with Crippen molar-refractivity contribution in [3.63, 3.8) is 0 Å². The van der Waals surface area contributed by atoms with Gasteiger partial charge in [-0.3, -0.25) is 14.4 Å². The van der Waals surface area contributed by atoms with Gasteiger partial charge in [0.15, 0.2) is 0 Å². The van der Waals surface area contributed by atoms with E-state index in [1.807, 2.05) is 127 Å². The highest BCUT2D eigenvalue weighted by Gasteiger charge is 2.39. The Balaban J connectivity index is 1.25. The molecular formula is C40H37N3O5. The average Bonchev–Trinajstić information content (AvgIpc) is 3.46. The number of benzene rings is 5. The number of likely N-dealkylation sites (N-methyl/N-ethyl adjacent to an activating group) is 1. The zero-order chi connectivity index (χ0) is 33.5. The van der Waals surface area contributed by atoms with Crippen LogP contribution in [0.4, 0.5) is 4.79 Å². The molecule has 0 saturated carbocycles. The third kappa shape index (κ3) is 6.43. The maximum Gasteiger partial charge on any atom is 0.407 e. The Hall–Kier alpha value is -5.73. The van der Waals surface area contributed by atoms with E-state index < -0.39 is 29.5 Å². The van der Waals surface area contributed by atoms with Gasteiger partial charge in [-0.25, -0.2) is 9.86 Å². The van der Waals surface area contributed by atoms with E-state index >= 15 is 0 Å². The molecule has 8 heteroatoms. The van der Waals surface area contributed by atoms with Gasteiger partial charge in [-0.1, -0.05) is 140 Å². The van der Waals surface area contributed by atoms with Crippen LogP contribution < -0.4 is 10.6 Å². The number of hydroxylamine groups is 2. The van der Waals surface area contributed by atoms with E-state index in [9.17, 15) is 14.4 Å². The first-order valence-corrected chi connectivity index (χ1v) is 15.8.